The number of benzene rings is 1. The summed E-state index contributed by atoms with van der Waals surface area (Å²) in [6.07, 6.45) is 2.09. The maximum absolute atomic E-state index is 14.0. The van der Waals surface area contributed by atoms with Crippen molar-refractivity contribution in [3.63, 3.8) is 0 Å². The number of hydrogen-bond acceptors (Lipinski definition) is 6. The van der Waals surface area contributed by atoms with Crippen LogP contribution in [0.15, 0.2) is 18.2 Å². The Morgan fingerprint density at radius 3 is 2.61 bits per heavy atom. The molecule has 9 heteroatoms. The molecule has 0 bridgehead atoms. The van der Waals surface area contributed by atoms with Gasteiger partial charge in [0.25, 0.3) is 5.91 Å². The lowest BCUT2D eigenvalue weighted by molar-refractivity contribution is 0.0995. The van der Waals surface area contributed by atoms with Crippen molar-refractivity contribution in [2.24, 2.45) is 11.5 Å². The van der Waals surface area contributed by atoms with Crippen LogP contribution in [0.1, 0.15) is 53.1 Å². The van der Waals surface area contributed by atoms with E-state index in [1.165, 1.54) is 12.1 Å². The zero-order chi connectivity index (χ0) is 20.3. The van der Waals surface area contributed by atoms with Gasteiger partial charge in [-0.25, -0.2) is 19.2 Å². The fraction of sp³-hybridized carbons (Fsp3) is 0.368. The topological polar surface area (TPSA) is 133 Å². The van der Waals surface area contributed by atoms with Crippen LogP contribution in [0.3, 0.4) is 0 Å². The highest BCUT2D eigenvalue weighted by atomic mass is 19.1. The number of primary amides is 2. The van der Waals surface area contributed by atoms with Gasteiger partial charge in [-0.15, -0.1) is 0 Å². The summed E-state index contributed by atoms with van der Waals surface area (Å²) in [6, 6.07) is 4.27. The molecule has 1 fully saturated rings. The number of anilines is 2. The van der Waals surface area contributed by atoms with E-state index in [9.17, 15) is 14.0 Å². The second-order valence-electron chi connectivity index (χ2n) is 6.64. The molecule has 0 aliphatic heterocycles. The average molecular weight is 387 g/mol. The molecule has 1 aliphatic carbocycles. The first-order valence-electron chi connectivity index (χ1n) is 9.06. The Labute approximate surface area is 161 Å². The molecule has 2 amide bonds. The van der Waals surface area contributed by atoms with Crippen LogP contribution in [-0.4, -0.2) is 28.6 Å². The molecule has 1 aromatic carbocycles. The number of aryl methyl sites for hydroxylation is 1. The summed E-state index contributed by atoms with van der Waals surface area (Å²) in [4.78, 5) is 31.5. The van der Waals surface area contributed by atoms with Gasteiger partial charge in [0, 0.05) is 18.0 Å². The van der Waals surface area contributed by atoms with E-state index < -0.39 is 17.8 Å². The van der Waals surface area contributed by atoms with E-state index in [-0.39, 0.29) is 24.5 Å². The van der Waals surface area contributed by atoms with Crippen molar-refractivity contribution in [3.05, 3.63) is 46.7 Å². The van der Waals surface area contributed by atoms with Crippen LogP contribution in [-0.2, 0) is 17.6 Å². The van der Waals surface area contributed by atoms with Crippen molar-refractivity contribution in [2.75, 3.05) is 11.9 Å². The molecule has 2 aromatic rings. The van der Waals surface area contributed by atoms with Crippen LogP contribution in [0.25, 0.3) is 0 Å². The molecule has 8 nitrogen and oxygen atoms in total. The predicted molar refractivity (Wildman–Crippen MR) is 101 cm³/mol. The second kappa shape index (κ2) is 8.20. The fourth-order valence-electron chi connectivity index (χ4n) is 2.96. The fourth-order valence-corrected chi connectivity index (χ4v) is 2.96. The number of carbonyl (C=O) groups is 2. The second-order valence-corrected chi connectivity index (χ2v) is 6.64. The van der Waals surface area contributed by atoms with Gasteiger partial charge in [-0.1, -0.05) is 6.92 Å². The number of aromatic nitrogens is 2. The Kier molecular flexibility index (Phi) is 5.72. The van der Waals surface area contributed by atoms with Gasteiger partial charge in [0.05, 0.1) is 18.0 Å². The highest BCUT2D eigenvalue weighted by Crippen LogP contribution is 2.41. The van der Waals surface area contributed by atoms with E-state index in [4.69, 9.17) is 11.5 Å². The number of nitrogens with zero attached hydrogens (tertiary/aromatic N) is 2. The summed E-state index contributed by atoms with van der Waals surface area (Å²) in [5.74, 6) is -0.658. The van der Waals surface area contributed by atoms with Gasteiger partial charge in [-0.2, -0.15) is 0 Å². The SMILES string of the molecule is CCc1nc(C(N)=O)c(Nc2cc(F)cc(CCOC(N)=O)c2)nc1C1CC1. The molecule has 1 heterocycles. The van der Waals surface area contributed by atoms with Gasteiger partial charge in [-0.3, -0.25) is 4.79 Å². The Balaban J connectivity index is 1.90. The highest BCUT2D eigenvalue weighted by Gasteiger charge is 2.30. The summed E-state index contributed by atoms with van der Waals surface area (Å²) in [6.45, 7) is 1.97. The smallest absolute Gasteiger partial charge is 0.404 e. The van der Waals surface area contributed by atoms with Crippen molar-refractivity contribution in [3.8, 4) is 0 Å². The van der Waals surface area contributed by atoms with E-state index in [2.05, 4.69) is 20.0 Å². The van der Waals surface area contributed by atoms with Crippen molar-refractivity contribution in [1.82, 2.24) is 9.97 Å². The molecule has 0 atom stereocenters. The van der Waals surface area contributed by atoms with Crippen LogP contribution in [0, 0.1) is 5.82 Å². The molecule has 148 valence electrons. The molecule has 1 aliphatic rings. The minimum atomic E-state index is -0.889. The molecule has 0 radical (unpaired) electrons. The Hall–Kier alpha value is -3.23. The molecule has 5 N–H and O–H groups in total. The largest absolute Gasteiger partial charge is 0.449 e. The van der Waals surface area contributed by atoms with Gasteiger partial charge in [0.2, 0.25) is 0 Å². The lowest BCUT2D eigenvalue weighted by Crippen LogP contribution is -2.19. The first-order chi connectivity index (χ1) is 13.4. The number of halogens is 1. The zero-order valence-electron chi connectivity index (χ0n) is 15.5. The van der Waals surface area contributed by atoms with Crippen LogP contribution < -0.4 is 16.8 Å². The van der Waals surface area contributed by atoms with Crippen molar-refractivity contribution in [2.45, 2.75) is 38.5 Å². The number of carbonyl (C=O) groups excluding carboxylic acids is 2. The summed E-state index contributed by atoms with van der Waals surface area (Å²) < 4.78 is 18.7. The van der Waals surface area contributed by atoms with Crippen molar-refractivity contribution in [1.29, 1.82) is 0 Å². The predicted octanol–water partition coefficient (Wildman–Crippen LogP) is 2.54. The molecule has 0 spiro atoms. The third-order valence-corrected chi connectivity index (χ3v) is 4.39. The molecule has 0 unspecified atom stereocenters. The van der Waals surface area contributed by atoms with Crippen molar-refractivity contribution < 1.29 is 18.7 Å². The molecular formula is C19H22FN5O3. The van der Waals surface area contributed by atoms with Crippen LogP contribution in [0.5, 0.6) is 0 Å². The molecule has 0 saturated heterocycles. The van der Waals surface area contributed by atoms with Crippen molar-refractivity contribution >= 4 is 23.5 Å². The molecular weight excluding hydrogens is 365 g/mol. The van der Waals surface area contributed by atoms with Gasteiger partial charge < -0.3 is 21.5 Å². The molecule has 3 rings (SSSR count). The van der Waals surface area contributed by atoms with E-state index in [1.54, 1.807) is 6.07 Å². The van der Waals surface area contributed by atoms with Gasteiger partial charge in [-0.05, 0) is 43.0 Å². The number of hydrogen-bond donors (Lipinski definition) is 3. The lowest BCUT2D eigenvalue weighted by atomic mass is 10.1. The molecule has 28 heavy (non-hydrogen) atoms. The number of amides is 2. The third kappa shape index (κ3) is 4.73. The molecule has 1 saturated carbocycles. The molecule has 1 aromatic heterocycles. The summed E-state index contributed by atoms with van der Waals surface area (Å²) in [5, 5.41) is 2.96. The first-order valence-corrected chi connectivity index (χ1v) is 9.06. The van der Waals surface area contributed by atoms with Gasteiger partial charge in [0.1, 0.15) is 5.82 Å². The van der Waals surface area contributed by atoms with Crippen LogP contribution in [0.2, 0.25) is 0 Å². The number of nitrogens with one attached hydrogen (secondary N) is 1. The van der Waals surface area contributed by atoms with Gasteiger partial charge in [0.15, 0.2) is 11.5 Å². The average Bonchev–Trinajstić information content (AvgIpc) is 3.45. The summed E-state index contributed by atoms with van der Waals surface area (Å²) in [7, 11) is 0. The lowest BCUT2D eigenvalue weighted by Gasteiger charge is -2.14. The minimum Gasteiger partial charge on any atom is -0.449 e. The number of nitrogens with two attached hydrogens (primary N) is 2. The summed E-state index contributed by atoms with van der Waals surface area (Å²) >= 11 is 0. The normalized spacial score (nSPS) is 13.2. The van der Waals surface area contributed by atoms with Crippen LogP contribution >= 0.6 is 0 Å². The number of ether oxygens (including phenoxy) is 1. The summed E-state index contributed by atoms with van der Waals surface area (Å²) in [5.41, 5.74) is 13.0. The van der Waals surface area contributed by atoms with E-state index in [0.29, 0.717) is 23.6 Å². The third-order valence-electron chi connectivity index (χ3n) is 4.39. The van der Waals surface area contributed by atoms with E-state index in [1.807, 2.05) is 6.92 Å². The van der Waals surface area contributed by atoms with E-state index in [0.717, 1.165) is 24.2 Å². The maximum Gasteiger partial charge on any atom is 0.404 e. The zero-order valence-corrected chi connectivity index (χ0v) is 15.5. The minimum absolute atomic E-state index is 0.0177. The van der Waals surface area contributed by atoms with E-state index >= 15 is 0 Å². The maximum atomic E-state index is 14.0. The first kappa shape index (κ1) is 19.5. The monoisotopic (exact) mass is 387 g/mol. The Bertz CT molecular complexity index is 915. The highest BCUT2D eigenvalue weighted by molar-refractivity contribution is 5.96. The van der Waals surface area contributed by atoms with Crippen LogP contribution in [0.4, 0.5) is 20.7 Å². The Morgan fingerprint density at radius 2 is 2.00 bits per heavy atom. The van der Waals surface area contributed by atoms with Gasteiger partial charge >= 0.3 is 6.09 Å². The Morgan fingerprint density at radius 1 is 1.25 bits per heavy atom. The standard InChI is InChI=1S/C19H22FN5O3/c1-2-14-15(11-3-4-11)25-18(16(24-14)17(21)26)23-13-8-10(7-12(20)9-13)5-6-28-19(22)27/h7-9,11H,2-6H2,1H3,(H2,21,26)(H2,22,27)(H,23,25). The number of rotatable bonds is 8. The quantitative estimate of drug-likeness (QED) is 0.637.